The summed E-state index contributed by atoms with van der Waals surface area (Å²) < 4.78 is 7.91. The topological polar surface area (TPSA) is 86.1 Å². The lowest BCUT2D eigenvalue weighted by atomic mass is 10.0. The Kier molecular flexibility index (Phi) is 5.12. The van der Waals surface area contributed by atoms with Crippen LogP contribution in [0.25, 0.3) is 21.1 Å². The first kappa shape index (κ1) is 19.9. The molecule has 32 heavy (non-hydrogen) atoms. The minimum Gasteiger partial charge on any atom is -0.497 e. The summed E-state index contributed by atoms with van der Waals surface area (Å²) >= 11 is 1.42. The number of methoxy groups -OCH3 is 1. The molecule has 158 valence electrons. The molecule has 5 rings (SSSR count). The van der Waals surface area contributed by atoms with Crippen LogP contribution in [0.3, 0.4) is 0 Å². The van der Waals surface area contributed by atoms with E-state index in [1.54, 1.807) is 60.6 Å². The quantitative estimate of drug-likeness (QED) is 0.391. The number of carbonyl (C=O) groups is 2. The number of carbonyl (C=O) groups excluding carboxylic acids is 2. The maximum Gasteiger partial charge on any atom is 0.246 e. The zero-order valence-electron chi connectivity index (χ0n) is 17.1. The molecule has 0 atom stereocenters. The van der Waals surface area contributed by atoms with Gasteiger partial charge >= 0.3 is 0 Å². The summed E-state index contributed by atoms with van der Waals surface area (Å²) in [5, 5.41) is 4.14. The number of para-hydroxylation sites is 1. The molecule has 0 fully saturated rings. The van der Waals surface area contributed by atoms with Crippen LogP contribution >= 0.6 is 11.3 Å². The molecule has 0 saturated heterocycles. The standard InChI is InChI=1S/C24H18N4O3S/c1-31-16-8-6-15(7-9-16)23(30)18-13-28(20-12-25-11-10-17(18)20)14-22(29)27-24-26-19-4-2-3-5-21(19)32-24/h2-13H,14H2,1H3,(H,26,27,29). The van der Waals surface area contributed by atoms with Crippen LogP contribution in [-0.2, 0) is 11.3 Å². The van der Waals surface area contributed by atoms with E-state index in [1.807, 2.05) is 24.3 Å². The molecule has 0 saturated carbocycles. The van der Waals surface area contributed by atoms with Crippen LogP contribution in [0.5, 0.6) is 5.75 Å². The fourth-order valence-electron chi connectivity index (χ4n) is 3.59. The van der Waals surface area contributed by atoms with Crippen molar-refractivity contribution < 1.29 is 14.3 Å². The van der Waals surface area contributed by atoms with Crippen LogP contribution in [0.1, 0.15) is 15.9 Å². The van der Waals surface area contributed by atoms with Gasteiger partial charge in [-0.15, -0.1) is 0 Å². The Morgan fingerprint density at radius 2 is 1.91 bits per heavy atom. The van der Waals surface area contributed by atoms with Gasteiger partial charge in [0, 0.05) is 28.9 Å². The number of fused-ring (bicyclic) bond motifs is 2. The minimum absolute atomic E-state index is 0.0357. The van der Waals surface area contributed by atoms with Crippen molar-refractivity contribution in [3.8, 4) is 5.75 Å². The lowest BCUT2D eigenvalue weighted by Crippen LogP contribution is -2.18. The van der Waals surface area contributed by atoms with Crippen LogP contribution < -0.4 is 10.1 Å². The van der Waals surface area contributed by atoms with E-state index in [0.29, 0.717) is 27.5 Å². The molecule has 2 aromatic carbocycles. The zero-order valence-corrected chi connectivity index (χ0v) is 17.9. The van der Waals surface area contributed by atoms with Crippen LogP contribution in [0.15, 0.2) is 73.2 Å². The largest absolute Gasteiger partial charge is 0.497 e. The molecule has 0 unspecified atom stereocenters. The number of benzene rings is 2. The fourth-order valence-corrected chi connectivity index (χ4v) is 4.47. The number of nitrogens with one attached hydrogen (secondary N) is 1. The third kappa shape index (κ3) is 3.72. The van der Waals surface area contributed by atoms with Gasteiger partial charge in [-0.1, -0.05) is 23.5 Å². The molecular formula is C24H18N4O3S. The van der Waals surface area contributed by atoms with Crippen molar-refractivity contribution >= 4 is 49.3 Å². The summed E-state index contributed by atoms with van der Waals surface area (Å²) in [6, 6.07) is 16.5. The first-order valence-corrected chi connectivity index (χ1v) is 10.7. The van der Waals surface area contributed by atoms with E-state index in [1.165, 1.54) is 11.3 Å². The third-order valence-corrected chi connectivity index (χ3v) is 6.09. The molecule has 0 spiro atoms. The van der Waals surface area contributed by atoms with Crippen LogP contribution in [0.2, 0.25) is 0 Å². The second-order valence-corrected chi connectivity index (χ2v) is 8.19. The van der Waals surface area contributed by atoms with Gasteiger partial charge in [-0.2, -0.15) is 0 Å². The maximum atomic E-state index is 13.2. The highest BCUT2D eigenvalue weighted by Crippen LogP contribution is 2.27. The Balaban J connectivity index is 1.42. The Bertz CT molecular complexity index is 1420. The first-order chi connectivity index (χ1) is 15.6. The van der Waals surface area contributed by atoms with Crippen molar-refractivity contribution in [2.75, 3.05) is 12.4 Å². The summed E-state index contributed by atoms with van der Waals surface area (Å²) in [6.07, 6.45) is 5.00. The van der Waals surface area contributed by atoms with Crippen molar-refractivity contribution in [2.45, 2.75) is 6.54 Å². The predicted octanol–water partition coefficient (Wildman–Crippen LogP) is 4.52. The fraction of sp³-hybridized carbons (Fsp3) is 0.0833. The highest BCUT2D eigenvalue weighted by atomic mass is 32.1. The van der Waals surface area contributed by atoms with E-state index in [-0.39, 0.29) is 18.2 Å². The number of aromatic nitrogens is 3. The molecule has 0 bridgehead atoms. The average Bonchev–Trinajstić information content (AvgIpc) is 3.39. The van der Waals surface area contributed by atoms with Crippen molar-refractivity contribution in [1.29, 1.82) is 0 Å². The van der Waals surface area contributed by atoms with Crippen LogP contribution in [0, 0.1) is 0 Å². The van der Waals surface area contributed by atoms with Gasteiger partial charge in [0.15, 0.2) is 10.9 Å². The summed E-state index contributed by atoms with van der Waals surface area (Å²) in [7, 11) is 1.58. The number of rotatable bonds is 6. The molecule has 8 heteroatoms. The lowest BCUT2D eigenvalue weighted by Gasteiger charge is -2.04. The van der Waals surface area contributed by atoms with Gasteiger partial charge in [0.2, 0.25) is 5.91 Å². The number of amides is 1. The summed E-state index contributed by atoms with van der Waals surface area (Å²) in [4.78, 5) is 34.5. The Morgan fingerprint density at radius 1 is 1.09 bits per heavy atom. The van der Waals surface area contributed by atoms with Crippen molar-refractivity contribution in [3.05, 3.63) is 84.3 Å². The number of ketones is 1. The number of pyridine rings is 1. The van der Waals surface area contributed by atoms with Crippen molar-refractivity contribution in [3.63, 3.8) is 0 Å². The molecule has 0 radical (unpaired) electrons. The Labute approximate surface area is 187 Å². The molecule has 0 aliphatic carbocycles. The van der Waals surface area contributed by atoms with Crippen molar-refractivity contribution in [1.82, 2.24) is 14.5 Å². The highest BCUT2D eigenvalue weighted by Gasteiger charge is 2.18. The van der Waals surface area contributed by atoms with Gasteiger partial charge in [-0.05, 0) is 42.5 Å². The van der Waals surface area contributed by atoms with E-state index in [4.69, 9.17) is 4.74 Å². The van der Waals surface area contributed by atoms with Gasteiger partial charge in [-0.3, -0.25) is 14.6 Å². The average molecular weight is 443 g/mol. The molecule has 3 aromatic heterocycles. The molecule has 1 amide bonds. The van der Waals surface area contributed by atoms with E-state index in [9.17, 15) is 9.59 Å². The SMILES string of the molecule is COc1ccc(C(=O)c2cn(CC(=O)Nc3nc4ccccc4s3)c3cnccc23)cc1. The van der Waals surface area contributed by atoms with Crippen LogP contribution in [0.4, 0.5) is 5.13 Å². The van der Waals surface area contributed by atoms with Gasteiger partial charge in [-0.25, -0.2) is 4.98 Å². The maximum absolute atomic E-state index is 13.2. The smallest absolute Gasteiger partial charge is 0.246 e. The van der Waals surface area contributed by atoms with Gasteiger partial charge in [0.1, 0.15) is 12.3 Å². The summed E-state index contributed by atoms with van der Waals surface area (Å²) in [5.41, 5.74) is 2.61. The molecule has 0 aliphatic heterocycles. The van der Waals surface area contributed by atoms with Gasteiger partial charge in [0.05, 0.1) is 29.0 Å². The first-order valence-electron chi connectivity index (χ1n) is 9.89. The second-order valence-electron chi connectivity index (χ2n) is 7.16. The Hall–Kier alpha value is -4.04. The highest BCUT2D eigenvalue weighted by molar-refractivity contribution is 7.22. The molecule has 3 heterocycles. The molecular weight excluding hydrogens is 424 g/mol. The number of hydrogen-bond donors (Lipinski definition) is 1. The normalized spacial score (nSPS) is 11.0. The van der Waals surface area contributed by atoms with Gasteiger partial charge < -0.3 is 14.6 Å². The van der Waals surface area contributed by atoms with Gasteiger partial charge in [0.25, 0.3) is 0 Å². The third-order valence-electron chi connectivity index (χ3n) is 5.14. The zero-order chi connectivity index (χ0) is 22.1. The molecule has 5 aromatic rings. The number of thiazole rings is 1. The molecule has 7 nitrogen and oxygen atoms in total. The predicted molar refractivity (Wildman–Crippen MR) is 124 cm³/mol. The number of ether oxygens (including phenoxy) is 1. The Morgan fingerprint density at radius 3 is 2.69 bits per heavy atom. The van der Waals surface area contributed by atoms with E-state index >= 15 is 0 Å². The number of nitrogens with zero attached hydrogens (tertiary/aromatic N) is 3. The van der Waals surface area contributed by atoms with E-state index in [0.717, 1.165) is 15.6 Å². The lowest BCUT2D eigenvalue weighted by molar-refractivity contribution is -0.116. The second kappa shape index (κ2) is 8.24. The summed E-state index contributed by atoms with van der Waals surface area (Å²) in [5.74, 6) is 0.321. The minimum atomic E-state index is -0.228. The van der Waals surface area contributed by atoms with Crippen LogP contribution in [-0.4, -0.2) is 33.3 Å². The van der Waals surface area contributed by atoms with E-state index < -0.39 is 0 Å². The number of anilines is 1. The van der Waals surface area contributed by atoms with Crippen molar-refractivity contribution in [2.24, 2.45) is 0 Å². The molecule has 1 N–H and O–H groups in total. The summed E-state index contributed by atoms with van der Waals surface area (Å²) in [6.45, 7) is 0.0357. The van der Waals surface area contributed by atoms with E-state index in [2.05, 4.69) is 15.3 Å². The number of hydrogen-bond acceptors (Lipinski definition) is 6. The monoisotopic (exact) mass is 442 g/mol. The molecule has 0 aliphatic rings.